The Hall–Kier alpha value is -2.30. The molecule has 1 heterocycles. The minimum Gasteiger partial charge on any atom is -0.494 e. The smallest absolute Gasteiger partial charge is 0.144 e. The second kappa shape index (κ2) is 5.96. The maximum Gasteiger partial charge on any atom is 0.144 e. The first-order valence-corrected chi connectivity index (χ1v) is 8.31. The Bertz CT molecular complexity index is 886. The van der Waals surface area contributed by atoms with Gasteiger partial charge >= 0.3 is 0 Å². The molecule has 5 heteroatoms. The summed E-state index contributed by atoms with van der Waals surface area (Å²) in [5.41, 5.74) is 11.5. The lowest BCUT2D eigenvalue weighted by Crippen LogP contribution is -2.20. The Balaban J connectivity index is 1.95. The average Bonchev–Trinajstić information content (AvgIpc) is 3.11. The van der Waals surface area contributed by atoms with Crippen molar-refractivity contribution in [1.29, 1.82) is 0 Å². The first-order chi connectivity index (χ1) is 11.7. The normalized spacial score (nSPS) is 16.2. The number of benzene rings is 2. The SMILES string of the molecule is COc1ccccc1-n1nc2c(c1-c1ccc(Cl)cc1)CC(N)C2. The molecule has 1 aromatic heterocycles. The van der Waals surface area contributed by atoms with E-state index >= 15 is 0 Å². The lowest BCUT2D eigenvalue weighted by atomic mass is 10.1. The highest BCUT2D eigenvalue weighted by atomic mass is 35.5. The van der Waals surface area contributed by atoms with Crippen LogP contribution in [0, 0.1) is 0 Å². The van der Waals surface area contributed by atoms with E-state index in [1.165, 1.54) is 5.56 Å². The topological polar surface area (TPSA) is 53.1 Å². The molecule has 4 nitrogen and oxygen atoms in total. The number of ether oxygens (including phenoxy) is 1. The number of nitrogens with two attached hydrogens (primary N) is 1. The fourth-order valence-corrected chi connectivity index (χ4v) is 3.47. The van der Waals surface area contributed by atoms with Gasteiger partial charge in [0.05, 0.1) is 18.5 Å². The largest absolute Gasteiger partial charge is 0.494 e. The van der Waals surface area contributed by atoms with Crippen LogP contribution in [0.25, 0.3) is 16.9 Å². The van der Waals surface area contributed by atoms with Crippen LogP contribution in [0.2, 0.25) is 5.02 Å². The Morgan fingerprint density at radius 1 is 1.12 bits per heavy atom. The molecule has 2 aromatic carbocycles. The highest BCUT2D eigenvalue weighted by Crippen LogP contribution is 2.36. The molecule has 1 aliphatic carbocycles. The third-order valence-electron chi connectivity index (χ3n) is 4.42. The number of hydrogen-bond acceptors (Lipinski definition) is 3. The van der Waals surface area contributed by atoms with Gasteiger partial charge in [0.2, 0.25) is 0 Å². The van der Waals surface area contributed by atoms with Crippen molar-refractivity contribution in [3.05, 3.63) is 64.8 Å². The molecule has 0 amide bonds. The van der Waals surface area contributed by atoms with E-state index in [1.54, 1.807) is 7.11 Å². The van der Waals surface area contributed by atoms with Gasteiger partial charge in [-0.15, -0.1) is 0 Å². The molecule has 4 rings (SSSR count). The number of nitrogens with zero attached hydrogens (tertiary/aromatic N) is 2. The zero-order valence-corrected chi connectivity index (χ0v) is 14.1. The predicted molar refractivity (Wildman–Crippen MR) is 95.9 cm³/mol. The maximum atomic E-state index is 6.15. The van der Waals surface area contributed by atoms with Crippen molar-refractivity contribution in [3.63, 3.8) is 0 Å². The van der Waals surface area contributed by atoms with Crippen LogP contribution in [-0.4, -0.2) is 22.9 Å². The van der Waals surface area contributed by atoms with Crippen molar-refractivity contribution in [2.45, 2.75) is 18.9 Å². The van der Waals surface area contributed by atoms with Gasteiger partial charge in [-0.1, -0.05) is 35.9 Å². The Labute approximate surface area is 145 Å². The van der Waals surface area contributed by atoms with Gasteiger partial charge in [0.25, 0.3) is 0 Å². The predicted octanol–water partition coefficient (Wildman–Crippen LogP) is 3.63. The number of fused-ring (bicyclic) bond motifs is 1. The summed E-state index contributed by atoms with van der Waals surface area (Å²) in [5, 5.41) is 5.56. The Kier molecular flexibility index (Phi) is 3.79. The summed E-state index contributed by atoms with van der Waals surface area (Å²) in [5.74, 6) is 0.790. The van der Waals surface area contributed by atoms with Gasteiger partial charge in [0, 0.05) is 28.6 Å². The fraction of sp³-hybridized carbons (Fsp3) is 0.211. The van der Waals surface area contributed by atoms with Crippen LogP contribution in [0.3, 0.4) is 0 Å². The van der Waals surface area contributed by atoms with Gasteiger partial charge in [0.15, 0.2) is 0 Å². The van der Waals surface area contributed by atoms with Crippen LogP contribution < -0.4 is 10.5 Å². The Morgan fingerprint density at radius 3 is 2.62 bits per heavy atom. The summed E-state index contributed by atoms with van der Waals surface area (Å²) in [6.45, 7) is 0. The van der Waals surface area contributed by atoms with Crippen molar-refractivity contribution < 1.29 is 4.74 Å². The third-order valence-corrected chi connectivity index (χ3v) is 4.67. The summed E-state index contributed by atoms with van der Waals surface area (Å²) in [4.78, 5) is 0. The molecule has 0 fully saturated rings. The number of methoxy groups -OCH3 is 1. The van der Waals surface area contributed by atoms with Gasteiger partial charge in [0.1, 0.15) is 11.4 Å². The van der Waals surface area contributed by atoms with E-state index < -0.39 is 0 Å². The highest BCUT2D eigenvalue weighted by Gasteiger charge is 2.28. The summed E-state index contributed by atoms with van der Waals surface area (Å²) in [6, 6.07) is 15.9. The maximum absolute atomic E-state index is 6.15. The number of hydrogen-bond donors (Lipinski definition) is 1. The van der Waals surface area contributed by atoms with Crippen molar-refractivity contribution >= 4 is 11.6 Å². The summed E-state index contributed by atoms with van der Waals surface area (Å²) in [7, 11) is 1.67. The summed E-state index contributed by atoms with van der Waals surface area (Å²) >= 11 is 6.06. The molecule has 2 N–H and O–H groups in total. The molecule has 122 valence electrons. The van der Waals surface area contributed by atoms with Crippen molar-refractivity contribution in [3.8, 4) is 22.7 Å². The third kappa shape index (κ3) is 2.48. The van der Waals surface area contributed by atoms with E-state index in [1.807, 2.05) is 53.2 Å². The van der Waals surface area contributed by atoms with Crippen molar-refractivity contribution in [2.75, 3.05) is 7.11 Å². The minimum atomic E-state index is 0.140. The quantitative estimate of drug-likeness (QED) is 0.792. The zero-order valence-electron chi connectivity index (χ0n) is 13.4. The molecular formula is C19H18ClN3O. The molecule has 0 spiro atoms. The minimum absolute atomic E-state index is 0.140. The number of aromatic nitrogens is 2. The molecular weight excluding hydrogens is 322 g/mol. The monoisotopic (exact) mass is 339 g/mol. The van der Waals surface area contributed by atoms with Crippen LogP contribution in [0.1, 0.15) is 11.3 Å². The van der Waals surface area contributed by atoms with Crippen LogP contribution >= 0.6 is 11.6 Å². The molecule has 1 aliphatic rings. The number of halogens is 1. The number of para-hydroxylation sites is 2. The second-order valence-corrected chi connectivity index (χ2v) is 6.47. The van der Waals surface area contributed by atoms with Crippen molar-refractivity contribution in [1.82, 2.24) is 9.78 Å². The average molecular weight is 340 g/mol. The lowest BCUT2D eigenvalue weighted by molar-refractivity contribution is 0.411. The summed E-state index contributed by atoms with van der Waals surface area (Å²) < 4.78 is 7.50. The van der Waals surface area contributed by atoms with E-state index in [2.05, 4.69) is 0 Å². The molecule has 1 unspecified atom stereocenters. The van der Waals surface area contributed by atoms with Gasteiger partial charge < -0.3 is 10.5 Å². The van der Waals surface area contributed by atoms with E-state index in [0.29, 0.717) is 0 Å². The number of rotatable bonds is 3. The van der Waals surface area contributed by atoms with Crippen LogP contribution in [-0.2, 0) is 12.8 Å². The molecule has 0 aliphatic heterocycles. The van der Waals surface area contributed by atoms with Gasteiger partial charge in [-0.3, -0.25) is 0 Å². The van der Waals surface area contributed by atoms with E-state index in [4.69, 9.17) is 27.2 Å². The lowest BCUT2D eigenvalue weighted by Gasteiger charge is -2.14. The zero-order chi connectivity index (χ0) is 16.7. The van der Waals surface area contributed by atoms with E-state index in [9.17, 15) is 0 Å². The van der Waals surface area contributed by atoms with Crippen LogP contribution in [0.4, 0.5) is 0 Å². The molecule has 3 aromatic rings. The molecule has 1 atom stereocenters. The highest BCUT2D eigenvalue weighted by molar-refractivity contribution is 6.30. The first-order valence-electron chi connectivity index (χ1n) is 7.93. The van der Waals surface area contributed by atoms with Gasteiger partial charge in [-0.05, 0) is 30.7 Å². The van der Waals surface area contributed by atoms with Crippen LogP contribution in [0.15, 0.2) is 48.5 Å². The first kappa shape index (κ1) is 15.2. The Morgan fingerprint density at radius 2 is 1.88 bits per heavy atom. The second-order valence-electron chi connectivity index (χ2n) is 6.03. The molecule has 0 radical (unpaired) electrons. The molecule has 0 saturated carbocycles. The molecule has 24 heavy (non-hydrogen) atoms. The standard InChI is InChI=1S/C19H18ClN3O/c1-24-18-5-3-2-4-17(18)23-19(12-6-8-13(20)9-7-12)15-10-14(21)11-16(15)22-23/h2-9,14H,10-11,21H2,1H3. The molecule has 0 saturated heterocycles. The van der Waals surface area contributed by atoms with Crippen LogP contribution in [0.5, 0.6) is 5.75 Å². The molecule has 0 bridgehead atoms. The van der Waals surface area contributed by atoms with Gasteiger partial charge in [-0.2, -0.15) is 5.10 Å². The summed E-state index contributed by atoms with van der Waals surface area (Å²) in [6.07, 6.45) is 1.64. The fourth-order valence-electron chi connectivity index (χ4n) is 3.34. The van der Waals surface area contributed by atoms with E-state index in [0.717, 1.165) is 46.3 Å². The van der Waals surface area contributed by atoms with E-state index in [-0.39, 0.29) is 6.04 Å². The van der Waals surface area contributed by atoms with Gasteiger partial charge in [-0.25, -0.2) is 4.68 Å². The van der Waals surface area contributed by atoms with Crippen molar-refractivity contribution in [2.24, 2.45) is 5.73 Å².